The molecule has 0 unspecified atom stereocenters. The molecule has 0 saturated carbocycles. The summed E-state index contributed by atoms with van der Waals surface area (Å²) in [6.45, 7) is 5.21. The fraction of sp³-hybridized carbons (Fsp3) is 0.280. The number of carbonyl (C=O) groups is 3. The number of rotatable bonds is 9. The van der Waals surface area contributed by atoms with Gasteiger partial charge in [-0.25, -0.2) is 15.0 Å². The zero-order valence-corrected chi connectivity index (χ0v) is 20.0. The van der Waals surface area contributed by atoms with Gasteiger partial charge in [0.1, 0.15) is 0 Å². The average molecular weight is 481 g/mol. The first-order valence-corrected chi connectivity index (χ1v) is 11.0. The number of aryl methyl sites for hydroxylation is 1. The van der Waals surface area contributed by atoms with E-state index in [-0.39, 0.29) is 18.8 Å². The van der Waals surface area contributed by atoms with E-state index in [4.69, 9.17) is 14.2 Å². The van der Waals surface area contributed by atoms with Crippen LogP contribution in [0.3, 0.4) is 0 Å². The summed E-state index contributed by atoms with van der Waals surface area (Å²) in [5.41, 5.74) is 5.63. The van der Waals surface area contributed by atoms with Crippen molar-refractivity contribution >= 4 is 24.1 Å². The van der Waals surface area contributed by atoms with Crippen LogP contribution in [0.2, 0.25) is 0 Å². The van der Waals surface area contributed by atoms with Gasteiger partial charge >= 0.3 is 12.0 Å². The van der Waals surface area contributed by atoms with Gasteiger partial charge in [0.05, 0.1) is 31.5 Å². The second-order valence-electron chi connectivity index (χ2n) is 7.70. The number of hydrazone groups is 1. The predicted octanol–water partition coefficient (Wildman–Crippen LogP) is 2.72. The Morgan fingerprint density at radius 2 is 1.94 bits per heavy atom. The molecule has 184 valence electrons. The molecule has 2 aromatic rings. The molecule has 0 saturated heterocycles. The quantitative estimate of drug-likeness (QED) is 0.288. The van der Waals surface area contributed by atoms with Crippen LogP contribution in [0.15, 0.2) is 58.8 Å². The minimum Gasteiger partial charge on any atom is -0.493 e. The number of allylic oxidation sites excluding steroid dienone is 1. The van der Waals surface area contributed by atoms with Crippen molar-refractivity contribution in [1.29, 1.82) is 0 Å². The lowest BCUT2D eigenvalue weighted by atomic mass is 9.95. The highest BCUT2D eigenvalue weighted by molar-refractivity contribution is 5.95. The Morgan fingerprint density at radius 1 is 1.14 bits per heavy atom. The van der Waals surface area contributed by atoms with Gasteiger partial charge in [-0.05, 0) is 44.0 Å². The summed E-state index contributed by atoms with van der Waals surface area (Å²) < 4.78 is 16.2. The maximum Gasteiger partial charge on any atom is 0.338 e. The van der Waals surface area contributed by atoms with Crippen LogP contribution in [0.25, 0.3) is 0 Å². The van der Waals surface area contributed by atoms with Crippen LogP contribution in [0, 0.1) is 6.92 Å². The fourth-order valence-corrected chi connectivity index (χ4v) is 3.51. The monoisotopic (exact) mass is 480 g/mol. The van der Waals surface area contributed by atoms with Gasteiger partial charge in [0, 0.05) is 5.70 Å². The lowest BCUT2D eigenvalue weighted by molar-refractivity contribution is -0.139. The van der Waals surface area contributed by atoms with Crippen molar-refractivity contribution in [1.82, 2.24) is 16.1 Å². The minimum atomic E-state index is -0.745. The predicted molar refractivity (Wildman–Crippen MR) is 129 cm³/mol. The molecule has 3 amide bonds. The van der Waals surface area contributed by atoms with Gasteiger partial charge < -0.3 is 24.8 Å². The molecule has 35 heavy (non-hydrogen) atoms. The van der Waals surface area contributed by atoms with Crippen LogP contribution >= 0.6 is 0 Å². The Hall–Kier alpha value is -4.34. The number of urea groups is 1. The number of ether oxygens (including phenoxy) is 3. The van der Waals surface area contributed by atoms with E-state index >= 15 is 0 Å². The summed E-state index contributed by atoms with van der Waals surface area (Å²) in [7, 11) is 1.45. The first-order chi connectivity index (χ1) is 16.8. The topological polar surface area (TPSA) is 127 Å². The second kappa shape index (κ2) is 11.7. The molecular formula is C25H28N4O6. The number of benzene rings is 2. The molecule has 3 rings (SSSR count). The zero-order valence-electron chi connectivity index (χ0n) is 20.0. The van der Waals surface area contributed by atoms with E-state index in [0.29, 0.717) is 22.8 Å². The number of nitrogens with zero attached hydrogens (tertiary/aromatic N) is 1. The van der Waals surface area contributed by atoms with Crippen molar-refractivity contribution in [3.63, 3.8) is 0 Å². The minimum absolute atomic E-state index is 0.198. The Kier molecular flexibility index (Phi) is 8.44. The molecule has 0 aliphatic carbocycles. The molecule has 1 aliphatic rings. The Bertz CT molecular complexity index is 1170. The van der Waals surface area contributed by atoms with Crippen LogP contribution in [-0.4, -0.2) is 44.4 Å². The third-order valence-corrected chi connectivity index (χ3v) is 5.09. The van der Waals surface area contributed by atoms with Gasteiger partial charge in [-0.3, -0.25) is 4.79 Å². The molecule has 1 heterocycles. The summed E-state index contributed by atoms with van der Waals surface area (Å²) in [5, 5.41) is 9.25. The van der Waals surface area contributed by atoms with E-state index < -0.39 is 23.9 Å². The van der Waals surface area contributed by atoms with Crippen LogP contribution < -0.4 is 25.5 Å². The number of esters is 1. The Balaban J connectivity index is 1.69. The van der Waals surface area contributed by atoms with Crippen LogP contribution in [0.1, 0.15) is 36.6 Å². The number of carbonyl (C=O) groups excluding carboxylic acids is 3. The summed E-state index contributed by atoms with van der Waals surface area (Å²) >= 11 is 0. The molecule has 1 atom stereocenters. The molecular weight excluding hydrogens is 452 g/mol. The third kappa shape index (κ3) is 6.59. The smallest absolute Gasteiger partial charge is 0.338 e. The number of hydrogen-bond donors (Lipinski definition) is 3. The Morgan fingerprint density at radius 3 is 2.66 bits per heavy atom. The van der Waals surface area contributed by atoms with Gasteiger partial charge in [-0.15, -0.1) is 0 Å². The van der Waals surface area contributed by atoms with Crippen molar-refractivity contribution < 1.29 is 28.6 Å². The summed E-state index contributed by atoms with van der Waals surface area (Å²) in [6.07, 6.45) is 1.55. The summed E-state index contributed by atoms with van der Waals surface area (Å²) in [6, 6.07) is 11.4. The highest BCUT2D eigenvalue weighted by atomic mass is 16.5. The molecule has 0 aromatic heterocycles. The summed E-state index contributed by atoms with van der Waals surface area (Å²) in [4.78, 5) is 36.7. The number of hydrogen-bond acceptors (Lipinski definition) is 7. The van der Waals surface area contributed by atoms with E-state index in [1.54, 1.807) is 38.3 Å². The second-order valence-corrected chi connectivity index (χ2v) is 7.70. The van der Waals surface area contributed by atoms with Gasteiger partial charge in [0.15, 0.2) is 18.1 Å². The van der Waals surface area contributed by atoms with Crippen molar-refractivity contribution in [3.8, 4) is 11.5 Å². The lowest BCUT2D eigenvalue weighted by Gasteiger charge is -2.28. The lowest BCUT2D eigenvalue weighted by Crippen LogP contribution is -2.45. The molecule has 3 N–H and O–H groups in total. The van der Waals surface area contributed by atoms with Crippen LogP contribution in [-0.2, 0) is 14.3 Å². The van der Waals surface area contributed by atoms with Crippen molar-refractivity contribution in [2.45, 2.75) is 26.8 Å². The molecule has 0 radical (unpaired) electrons. The van der Waals surface area contributed by atoms with Gasteiger partial charge in [-0.2, -0.15) is 5.10 Å². The zero-order chi connectivity index (χ0) is 25.4. The van der Waals surface area contributed by atoms with Crippen molar-refractivity contribution in [2.75, 3.05) is 20.3 Å². The maximum atomic E-state index is 12.5. The third-order valence-electron chi connectivity index (χ3n) is 5.09. The van der Waals surface area contributed by atoms with Gasteiger partial charge in [-0.1, -0.05) is 35.9 Å². The first kappa shape index (κ1) is 25.3. The number of methoxy groups -OCH3 is 1. The Labute approximate surface area is 203 Å². The molecule has 10 heteroatoms. The van der Waals surface area contributed by atoms with E-state index in [1.807, 2.05) is 31.2 Å². The van der Waals surface area contributed by atoms with Gasteiger partial charge in [0.25, 0.3) is 5.91 Å². The summed E-state index contributed by atoms with van der Waals surface area (Å²) in [5.74, 6) is -0.349. The highest BCUT2D eigenvalue weighted by Crippen LogP contribution is 2.34. The largest absolute Gasteiger partial charge is 0.493 e. The number of amides is 3. The molecule has 1 aliphatic heterocycles. The van der Waals surface area contributed by atoms with E-state index in [2.05, 4.69) is 21.2 Å². The normalized spacial score (nSPS) is 15.3. The molecule has 10 nitrogen and oxygen atoms in total. The van der Waals surface area contributed by atoms with E-state index in [9.17, 15) is 14.4 Å². The first-order valence-electron chi connectivity index (χ1n) is 11.0. The van der Waals surface area contributed by atoms with Crippen LogP contribution in [0.5, 0.6) is 11.5 Å². The standard InChI is InChI=1S/C25H28N4O6/c1-5-34-24(31)22-16(3)27-25(32)28-23(22)18-9-10-19(20(12-18)33-4)35-14-21(30)29-26-13-17-8-6-7-15(2)11-17/h6-13,23H,5,14H2,1-4H3,(H,29,30)(H2,27,28,32)/b26-13-/t23-/m1/s1. The SMILES string of the molecule is CCOC(=O)C1=C(C)NC(=O)N[C@@H]1c1ccc(OCC(=O)N/N=C\c2cccc(C)c2)c(OC)c1. The van der Waals surface area contributed by atoms with Crippen LogP contribution in [0.4, 0.5) is 4.79 Å². The van der Waals surface area contributed by atoms with E-state index in [1.165, 1.54) is 7.11 Å². The highest BCUT2D eigenvalue weighted by Gasteiger charge is 2.32. The van der Waals surface area contributed by atoms with Gasteiger partial charge in [0.2, 0.25) is 0 Å². The van der Waals surface area contributed by atoms with Crippen molar-refractivity contribution in [3.05, 3.63) is 70.4 Å². The number of nitrogens with one attached hydrogen (secondary N) is 3. The molecule has 2 aromatic carbocycles. The van der Waals surface area contributed by atoms with Crippen molar-refractivity contribution in [2.24, 2.45) is 5.10 Å². The fourth-order valence-electron chi connectivity index (χ4n) is 3.51. The molecule has 0 bridgehead atoms. The molecule has 0 fully saturated rings. The van der Waals surface area contributed by atoms with E-state index in [0.717, 1.165) is 11.1 Å². The average Bonchev–Trinajstić information content (AvgIpc) is 2.82. The maximum absolute atomic E-state index is 12.5. The molecule has 0 spiro atoms.